The number of rotatable bonds is 7. The third-order valence-electron chi connectivity index (χ3n) is 8.43. The molecule has 4 aliphatic rings. The fourth-order valence-electron chi connectivity index (χ4n) is 5.68. The van der Waals surface area contributed by atoms with Gasteiger partial charge in [-0.1, -0.05) is 57.3 Å². The number of aromatic nitrogens is 1. The fraction of sp³-hybridized carbons (Fsp3) is 0.633. The van der Waals surface area contributed by atoms with Crippen LogP contribution >= 0.6 is 23.5 Å². The summed E-state index contributed by atoms with van der Waals surface area (Å²) in [6.07, 6.45) is 12.7. The maximum Gasteiger partial charge on any atom is 1.00 e. The summed E-state index contributed by atoms with van der Waals surface area (Å²) in [6, 6.07) is 14.0. The maximum absolute atomic E-state index is 6.18. The Morgan fingerprint density at radius 1 is 1.05 bits per heavy atom. The van der Waals surface area contributed by atoms with Crippen molar-refractivity contribution in [2.75, 3.05) is 26.7 Å². The van der Waals surface area contributed by atoms with E-state index in [1.807, 2.05) is 38.1 Å². The Labute approximate surface area is 260 Å². The second kappa shape index (κ2) is 15.1. The normalized spacial score (nSPS) is 25.0. The van der Waals surface area contributed by atoms with Crippen molar-refractivity contribution in [1.29, 1.82) is 0 Å². The number of halogens is 1. The van der Waals surface area contributed by atoms with E-state index in [9.17, 15) is 0 Å². The number of likely N-dealkylation sites (tertiary alicyclic amines) is 1. The molecule has 213 valence electrons. The molecule has 0 bridgehead atoms. The molecule has 4 fully saturated rings. The van der Waals surface area contributed by atoms with E-state index >= 15 is 0 Å². The molecule has 1 radical (unpaired) electrons. The van der Waals surface area contributed by atoms with Crippen molar-refractivity contribution in [3.63, 3.8) is 0 Å². The number of thiol groups is 1. The van der Waals surface area contributed by atoms with Crippen molar-refractivity contribution in [2.24, 2.45) is 11.3 Å². The van der Waals surface area contributed by atoms with Gasteiger partial charge in [0, 0.05) is 30.0 Å². The fourth-order valence-corrected chi connectivity index (χ4v) is 6.62. The van der Waals surface area contributed by atoms with Gasteiger partial charge in [-0.25, -0.2) is 0 Å². The summed E-state index contributed by atoms with van der Waals surface area (Å²) in [4.78, 5) is 4.91. The van der Waals surface area contributed by atoms with E-state index in [0.717, 1.165) is 46.0 Å². The SMILES string of the molecule is C1CC2(C1)CCC2.CC.CC1CC[N+](C)(c2cccc(SNCC3(Oc4cccc(Cl)c4)CC3)n2)C1.[Os+].[SH-]. The summed E-state index contributed by atoms with van der Waals surface area (Å²) >= 11 is 7.65. The van der Waals surface area contributed by atoms with Gasteiger partial charge in [-0.3, -0.25) is 9.21 Å². The molecule has 1 aromatic carbocycles. The monoisotopic (exact) mass is 755 g/mol. The van der Waals surface area contributed by atoms with Crippen LogP contribution < -0.4 is 13.9 Å². The van der Waals surface area contributed by atoms with Crippen LogP contribution in [0, 0.1) is 11.3 Å². The van der Waals surface area contributed by atoms with Gasteiger partial charge < -0.3 is 18.2 Å². The number of nitrogens with one attached hydrogen (secondary N) is 1. The van der Waals surface area contributed by atoms with E-state index in [0.29, 0.717) is 5.02 Å². The Morgan fingerprint density at radius 2 is 1.71 bits per heavy atom. The third kappa shape index (κ3) is 8.86. The number of hydrogen-bond acceptors (Lipinski definition) is 5. The van der Waals surface area contributed by atoms with Crippen LogP contribution in [0.25, 0.3) is 0 Å². The van der Waals surface area contributed by atoms with E-state index in [1.54, 1.807) is 37.6 Å². The van der Waals surface area contributed by atoms with Crippen molar-refractivity contribution < 1.29 is 24.5 Å². The molecule has 1 N–H and O–H groups in total. The van der Waals surface area contributed by atoms with Crippen molar-refractivity contribution in [1.82, 2.24) is 14.2 Å². The van der Waals surface area contributed by atoms with E-state index in [-0.39, 0.29) is 38.9 Å². The molecule has 1 aromatic heterocycles. The molecule has 6 rings (SSSR count). The molecule has 3 saturated carbocycles. The Hall–Kier alpha value is -0.284. The minimum absolute atomic E-state index is 0. The Balaban J connectivity index is 0.000000392. The summed E-state index contributed by atoms with van der Waals surface area (Å²) in [7, 11) is 2.30. The predicted octanol–water partition coefficient (Wildman–Crippen LogP) is 8.01. The minimum Gasteiger partial charge on any atom is -0.813 e. The Morgan fingerprint density at radius 3 is 2.21 bits per heavy atom. The van der Waals surface area contributed by atoms with Crippen LogP contribution in [0.3, 0.4) is 0 Å². The summed E-state index contributed by atoms with van der Waals surface area (Å²) in [5, 5.41) is 1.73. The largest absolute Gasteiger partial charge is 1.00 e. The maximum atomic E-state index is 6.18. The summed E-state index contributed by atoms with van der Waals surface area (Å²) in [5.74, 6) is 2.78. The average molecular weight is 755 g/mol. The van der Waals surface area contributed by atoms with Gasteiger partial charge in [0.2, 0.25) is 5.82 Å². The number of benzene rings is 1. The van der Waals surface area contributed by atoms with Gasteiger partial charge in [0.1, 0.15) is 16.4 Å². The van der Waals surface area contributed by atoms with Crippen molar-refractivity contribution in [3.8, 4) is 5.75 Å². The second-order valence-corrected chi connectivity index (χ2v) is 12.8. The van der Waals surface area contributed by atoms with Gasteiger partial charge in [0.05, 0.1) is 20.1 Å². The summed E-state index contributed by atoms with van der Waals surface area (Å²) in [5.41, 5.74) is 0.832. The first kappa shape index (κ1) is 33.9. The molecule has 2 heterocycles. The van der Waals surface area contributed by atoms with Crippen LogP contribution in [-0.2, 0) is 33.3 Å². The summed E-state index contributed by atoms with van der Waals surface area (Å²) < 4.78 is 10.6. The molecule has 2 atom stereocenters. The summed E-state index contributed by atoms with van der Waals surface area (Å²) in [6.45, 7) is 9.47. The first-order valence-electron chi connectivity index (χ1n) is 14.0. The van der Waals surface area contributed by atoms with Crippen LogP contribution in [0.15, 0.2) is 47.5 Å². The zero-order valence-electron chi connectivity index (χ0n) is 23.5. The topological polar surface area (TPSA) is 34.1 Å². The molecular weight excluding hydrogens is 708 g/mol. The van der Waals surface area contributed by atoms with Crippen LogP contribution in [0.2, 0.25) is 5.02 Å². The van der Waals surface area contributed by atoms with Gasteiger partial charge >= 0.3 is 19.8 Å². The molecule has 0 amide bonds. The molecule has 8 heteroatoms. The minimum atomic E-state index is -0.113. The molecule has 2 aromatic rings. The molecule has 2 unspecified atom stereocenters. The number of hydrogen-bond donors (Lipinski definition) is 1. The molecule has 1 spiro atoms. The van der Waals surface area contributed by atoms with Crippen LogP contribution in [-0.4, -0.2) is 37.3 Å². The predicted molar refractivity (Wildman–Crippen MR) is 164 cm³/mol. The number of quaternary nitrogens is 1. The molecule has 4 nitrogen and oxygen atoms in total. The van der Waals surface area contributed by atoms with Gasteiger partial charge in [0.15, 0.2) is 0 Å². The quantitative estimate of drug-likeness (QED) is 0.134. The zero-order valence-corrected chi connectivity index (χ0v) is 28.5. The van der Waals surface area contributed by atoms with Gasteiger partial charge in [-0.2, -0.15) is 4.98 Å². The molecule has 1 saturated heterocycles. The van der Waals surface area contributed by atoms with Crippen LogP contribution in [0.1, 0.15) is 78.6 Å². The van der Waals surface area contributed by atoms with E-state index in [4.69, 9.17) is 21.3 Å². The molecule has 38 heavy (non-hydrogen) atoms. The number of nitrogens with zero attached hydrogens (tertiary/aromatic N) is 2. The van der Waals surface area contributed by atoms with E-state index in [1.165, 1.54) is 38.2 Å². The van der Waals surface area contributed by atoms with E-state index in [2.05, 4.69) is 36.9 Å². The molecule has 3 aliphatic carbocycles. The smallest absolute Gasteiger partial charge is 0.813 e. The van der Waals surface area contributed by atoms with Gasteiger partial charge in [-0.05, 0) is 80.2 Å². The second-order valence-electron chi connectivity index (χ2n) is 11.4. The van der Waals surface area contributed by atoms with Crippen molar-refractivity contribution in [3.05, 3.63) is 47.5 Å². The van der Waals surface area contributed by atoms with Crippen LogP contribution in [0.5, 0.6) is 5.75 Å². The van der Waals surface area contributed by atoms with Gasteiger partial charge in [-0.15, -0.1) is 0 Å². The standard InChI is InChI=1S/C21H27ClN3OS.C7H12.C2H6.Os.H2S/c1-16-9-12-25(2,14-16)19-7-4-8-20(24-19)27-23-15-21(10-11-21)26-18-6-3-5-17(22)13-18;1-3-7(4-1)5-2-6-7;1-2;;/h3-8,13,16,23H,9-12,14-15H2,1-2H3;1-6H2;1-2H3;;1H2/q+1;;;+1;/p-1. The van der Waals surface area contributed by atoms with Crippen molar-refractivity contribution in [2.45, 2.75) is 89.2 Å². The average Bonchev–Trinajstić information content (AvgIpc) is 3.47. The number of pyridine rings is 1. The van der Waals surface area contributed by atoms with E-state index < -0.39 is 0 Å². The van der Waals surface area contributed by atoms with Gasteiger partial charge in [0.25, 0.3) is 0 Å². The van der Waals surface area contributed by atoms with Crippen LogP contribution in [0.4, 0.5) is 5.82 Å². The number of ether oxygens (including phenoxy) is 1. The van der Waals surface area contributed by atoms with Crippen molar-refractivity contribution >= 4 is 42.9 Å². The first-order valence-corrected chi connectivity index (χ1v) is 15.2. The third-order valence-corrected chi connectivity index (χ3v) is 9.39. The molecular formula is C30H46ClN3OOsS2+. The Kier molecular flexibility index (Phi) is 13.5. The first-order chi connectivity index (χ1) is 17.4. The zero-order chi connectivity index (χ0) is 25.7. The Bertz CT molecular complexity index is 985. The molecule has 1 aliphatic heterocycles.